The number of hydrogen-bond acceptors (Lipinski definition) is 3. The van der Waals surface area contributed by atoms with Crippen LogP contribution in [0.3, 0.4) is 0 Å². The lowest BCUT2D eigenvalue weighted by Gasteiger charge is -2.36. The third kappa shape index (κ3) is 5.04. The lowest BCUT2D eigenvalue weighted by atomic mass is 9.71. The molecule has 1 fully saturated rings. The number of nitrogens with one attached hydrogen (secondary N) is 1. The van der Waals surface area contributed by atoms with Gasteiger partial charge in [-0.3, -0.25) is 9.59 Å². The van der Waals surface area contributed by atoms with Crippen LogP contribution in [0.5, 0.6) is 0 Å². The van der Waals surface area contributed by atoms with Crippen molar-refractivity contribution in [2.45, 2.75) is 45.4 Å². The van der Waals surface area contributed by atoms with Crippen LogP contribution in [0.15, 0.2) is 0 Å². The Hall–Kier alpha value is -1.10. The normalized spacial score (nSPS) is 18.3. The minimum absolute atomic E-state index is 0.0552. The van der Waals surface area contributed by atoms with Gasteiger partial charge in [0.1, 0.15) is 6.61 Å². The molecule has 18 heavy (non-hydrogen) atoms. The summed E-state index contributed by atoms with van der Waals surface area (Å²) in [6.45, 7) is 2.85. The molecule has 1 amide bonds. The van der Waals surface area contributed by atoms with Crippen molar-refractivity contribution < 1.29 is 19.4 Å². The molecule has 104 valence electrons. The van der Waals surface area contributed by atoms with Crippen molar-refractivity contribution in [1.82, 2.24) is 5.32 Å². The second-order valence-corrected chi connectivity index (χ2v) is 5.05. The van der Waals surface area contributed by atoms with Crippen LogP contribution in [0.1, 0.15) is 45.4 Å². The fourth-order valence-corrected chi connectivity index (χ4v) is 2.57. The summed E-state index contributed by atoms with van der Waals surface area (Å²) in [5.41, 5.74) is -0.258. The molecule has 5 nitrogen and oxygen atoms in total. The van der Waals surface area contributed by atoms with Crippen LogP contribution in [0.2, 0.25) is 0 Å². The van der Waals surface area contributed by atoms with Gasteiger partial charge in [-0.05, 0) is 25.2 Å². The summed E-state index contributed by atoms with van der Waals surface area (Å²) in [6, 6.07) is 0. The monoisotopic (exact) mass is 257 g/mol. The van der Waals surface area contributed by atoms with E-state index in [0.717, 1.165) is 32.1 Å². The molecule has 0 aromatic rings. The van der Waals surface area contributed by atoms with Gasteiger partial charge in [0.05, 0.1) is 6.42 Å². The topological polar surface area (TPSA) is 75.6 Å². The van der Waals surface area contributed by atoms with E-state index in [0.29, 0.717) is 13.2 Å². The molecule has 0 aromatic heterocycles. The molecule has 0 aliphatic heterocycles. The number of aliphatic carboxylic acids is 1. The van der Waals surface area contributed by atoms with Crippen LogP contribution >= 0.6 is 0 Å². The zero-order valence-electron chi connectivity index (χ0n) is 11.0. The molecule has 0 heterocycles. The zero-order valence-corrected chi connectivity index (χ0v) is 11.0. The largest absolute Gasteiger partial charge is 0.481 e. The molecule has 0 saturated heterocycles. The third-order valence-electron chi connectivity index (χ3n) is 3.54. The molecular formula is C13H23NO4. The van der Waals surface area contributed by atoms with Crippen LogP contribution in [-0.2, 0) is 14.3 Å². The first-order valence-corrected chi connectivity index (χ1v) is 6.64. The molecular weight excluding hydrogens is 234 g/mol. The smallest absolute Gasteiger partial charge is 0.303 e. The number of carboxylic acids is 1. The summed E-state index contributed by atoms with van der Waals surface area (Å²) in [6.07, 6.45) is 5.17. The van der Waals surface area contributed by atoms with E-state index in [1.807, 2.05) is 6.92 Å². The molecule has 0 aromatic carbocycles. The summed E-state index contributed by atoms with van der Waals surface area (Å²) in [7, 11) is 0. The van der Waals surface area contributed by atoms with Gasteiger partial charge in [-0.2, -0.15) is 0 Å². The Morgan fingerprint density at radius 1 is 1.28 bits per heavy atom. The van der Waals surface area contributed by atoms with Crippen molar-refractivity contribution in [3.05, 3.63) is 0 Å². The molecule has 0 radical (unpaired) electrons. The molecule has 5 heteroatoms. The number of ether oxygens (including phenoxy) is 1. The number of rotatable bonds is 7. The van der Waals surface area contributed by atoms with Crippen molar-refractivity contribution >= 4 is 11.9 Å². The average Bonchev–Trinajstić information content (AvgIpc) is 2.34. The number of hydrogen-bond donors (Lipinski definition) is 2. The number of carbonyl (C=O) groups excluding carboxylic acids is 1. The minimum atomic E-state index is -0.782. The van der Waals surface area contributed by atoms with Crippen LogP contribution < -0.4 is 5.32 Å². The predicted molar refractivity (Wildman–Crippen MR) is 67.3 cm³/mol. The molecule has 1 saturated carbocycles. The summed E-state index contributed by atoms with van der Waals surface area (Å²) in [5, 5.41) is 11.8. The molecule has 1 aliphatic rings. The van der Waals surface area contributed by atoms with E-state index < -0.39 is 5.97 Å². The highest BCUT2D eigenvalue weighted by Crippen LogP contribution is 2.38. The highest BCUT2D eigenvalue weighted by atomic mass is 16.5. The van der Waals surface area contributed by atoms with E-state index in [1.165, 1.54) is 0 Å². The van der Waals surface area contributed by atoms with Gasteiger partial charge >= 0.3 is 5.97 Å². The van der Waals surface area contributed by atoms with Crippen molar-refractivity contribution in [1.29, 1.82) is 0 Å². The number of carbonyl (C=O) groups is 2. The van der Waals surface area contributed by atoms with Gasteiger partial charge in [0.25, 0.3) is 0 Å². The first-order valence-electron chi connectivity index (χ1n) is 6.64. The standard InChI is InChI=1S/C13H23NO4/c1-2-18-9-11(15)14-10-13(8-12(16)17)6-4-3-5-7-13/h2-10H2,1H3,(H,14,15)(H,16,17). The Kier molecular flexibility index (Phi) is 6.12. The van der Waals surface area contributed by atoms with Gasteiger partial charge in [-0.15, -0.1) is 0 Å². The summed E-state index contributed by atoms with van der Waals surface area (Å²) < 4.78 is 5.02. The van der Waals surface area contributed by atoms with Crippen LogP contribution in [-0.4, -0.2) is 36.7 Å². The second kappa shape index (κ2) is 7.36. The second-order valence-electron chi connectivity index (χ2n) is 5.05. The number of carboxylic acid groups (broad SMARTS) is 1. The maximum atomic E-state index is 11.5. The Balaban J connectivity index is 2.45. The molecule has 0 atom stereocenters. The van der Waals surface area contributed by atoms with E-state index in [4.69, 9.17) is 9.84 Å². The van der Waals surface area contributed by atoms with E-state index >= 15 is 0 Å². The fraction of sp³-hybridized carbons (Fsp3) is 0.846. The first-order chi connectivity index (χ1) is 8.58. The zero-order chi connectivity index (χ0) is 13.4. The summed E-state index contributed by atoms with van der Waals surface area (Å²) >= 11 is 0. The molecule has 1 aliphatic carbocycles. The van der Waals surface area contributed by atoms with Crippen molar-refractivity contribution in [2.75, 3.05) is 19.8 Å². The Morgan fingerprint density at radius 2 is 1.94 bits per heavy atom. The molecule has 2 N–H and O–H groups in total. The van der Waals surface area contributed by atoms with Gasteiger partial charge in [-0.1, -0.05) is 19.3 Å². The lowest BCUT2D eigenvalue weighted by molar-refractivity contribution is -0.141. The van der Waals surface area contributed by atoms with Gasteiger partial charge < -0.3 is 15.2 Å². The van der Waals surface area contributed by atoms with Crippen LogP contribution in [0, 0.1) is 5.41 Å². The van der Waals surface area contributed by atoms with Gasteiger partial charge in [0, 0.05) is 13.2 Å². The number of amides is 1. The van der Waals surface area contributed by atoms with E-state index in [-0.39, 0.29) is 24.3 Å². The van der Waals surface area contributed by atoms with Gasteiger partial charge in [0.2, 0.25) is 5.91 Å². The molecule has 0 spiro atoms. The quantitative estimate of drug-likeness (QED) is 0.725. The molecule has 0 bridgehead atoms. The third-order valence-corrected chi connectivity index (χ3v) is 3.54. The van der Waals surface area contributed by atoms with Crippen LogP contribution in [0.25, 0.3) is 0 Å². The van der Waals surface area contributed by atoms with Gasteiger partial charge in [-0.25, -0.2) is 0 Å². The molecule has 1 rings (SSSR count). The first kappa shape index (κ1) is 15.0. The highest BCUT2D eigenvalue weighted by Gasteiger charge is 2.34. The van der Waals surface area contributed by atoms with E-state index in [2.05, 4.69) is 5.32 Å². The van der Waals surface area contributed by atoms with Crippen LogP contribution in [0.4, 0.5) is 0 Å². The van der Waals surface area contributed by atoms with Gasteiger partial charge in [0.15, 0.2) is 0 Å². The highest BCUT2D eigenvalue weighted by molar-refractivity contribution is 5.77. The minimum Gasteiger partial charge on any atom is -0.481 e. The lowest BCUT2D eigenvalue weighted by Crippen LogP contribution is -2.41. The maximum absolute atomic E-state index is 11.5. The maximum Gasteiger partial charge on any atom is 0.303 e. The van der Waals surface area contributed by atoms with E-state index in [9.17, 15) is 9.59 Å². The van der Waals surface area contributed by atoms with Crippen molar-refractivity contribution in [3.63, 3.8) is 0 Å². The average molecular weight is 257 g/mol. The van der Waals surface area contributed by atoms with Crippen molar-refractivity contribution in [2.24, 2.45) is 5.41 Å². The fourth-order valence-electron chi connectivity index (χ4n) is 2.57. The Bertz CT molecular complexity index is 285. The summed E-state index contributed by atoms with van der Waals surface area (Å²) in [5.74, 6) is -0.942. The summed E-state index contributed by atoms with van der Waals surface area (Å²) in [4.78, 5) is 22.4. The Morgan fingerprint density at radius 3 is 2.50 bits per heavy atom. The Labute approximate surface area is 108 Å². The SMILES string of the molecule is CCOCC(=O)NCC1(CC(=O)O)CCCCC1. The van der Waals surface area contributed by atoms with E-state index in [1.54, 1.807) is 0 Å². The predicted octanol–water partition coefficient (Wildman–Crippen LogP) is 1.56. The molecule has 0 unspecified atom stereocenters. The van der Waals surface area contributed by atoms with Crippen molar-refractivity contribution in [3.8, 4) is 0 Å².